The molecule has 0 amide bonds. The molecular formula is C33H45ClN2. The zero-order valence-corrected chi connectivity index (χ0v) is 23.4. The molecule has 1 aliphatic carbocycles. The Kier molecular flexibility index (Phi) is 9.50. The average molecular weight is 505 g/mol. The van der Waals surface area contributed by atoms with Crippen molar-refractivity contribution in [3.05, 3.63) is 95.6 Å². The summed E-state index contributed by atoms with van der Waals surface area (Å²) < 4.78 is 0. The Morgan fingerprint density at radius 3 is 2.17 bits per heavy atom. The Labute approximate surface area is 224 Å². The van der Waals surface area contributed by atoms with E-state index in [1.165, 1.54) is 29.7 Å². The first-order chi connectivity index (χ1) is 17.3. The molecule has 194 valence electrons. The molecule has 1 fully saturated rings. The molecule has 2 aromatic rings. The SMILES string of the molecule is CC(C)[C@H](CN1CC[C@H](C2=CCC(Cl)C=C2)C(C)(C)C1)NCCC(c1ccccc1)c1ccccc1. The van der Waals surface area contributed by atoms with Crippen molar-refractivity contribution in [1.82, 2.24) is 10.2 Å². The summed E-state index contributed by atoms with van der Waals surface area (Å²) in [6.45, 7) is 14.1. The standard InChI is InChI=1S/C33H45ClN2/c1-25(2)32(23-36-22-20-31(33(3,4)24-36)28-15-17-29(34)18-16-28)35-21-19-30(26-11-7-5-8-12-26)27-13-9-6-10-14-27/h5-17,25,29-32,35H,18-24H2,1-4H3/t29?,31-,32+/m1/s1. The van der Waals surface area contributed by atoms with Gasteiger partial charge in [0.25, 0.3) is 0 Å². The van der Waals surface area contributed by atoms with Gasteiger partial charge in [-0.3, -0.25) is 0 Å². The molecule has 0 saturated carbocycles. The van der Waals surface area contributed by atoms with E-state index >= 15 is 0 Å². The van der Waals surface area contributed by atoms with Gasteiger partial charge in [0.1, 0.15) is 0 Å². The molecule has 0 aromatic heterocycles. The molecule has 0 bridgehead atoms. The third kappa shape index (κ3) is 7.12. The summed E-state index contributed by atoms with van der Waals surface area (Å²) in [5.74, 6) is 1.64. The Hall–Kier alpha value is -1.87. The first-order valence-corrected chi connectivity index (χ1v) is 14.3. The summed E-state index contributed by atoms with van der Waals surface area (Å²) in [5.41, 5.74) is 4.58. The van der Waals surface area contributed by atoms with Gasteiger partial charge in [0.2, 0.25) is 0 Å². The summed E-state index contributed by atoms with van der Waals surface area (Å²) in [6, 6.07) is 22.4. The van der Waals surface area contributed by atoms with Gasteiger partial charge in [0.15, 0.2) is 0 Å². The van der Waals surface area contributed by atoms with Crippen LogP contribution in [0.4, 0.5) is 0 Å². The van der Waals surface area contributed by atoms with Gasteiger partial charge < -0.3 is 10.2 Å². The van der Waals surface area contributed by atoms with Crippen molar-refractivity contribution < 1.29 is 0 Å². The van der Waals surface area contributed by atoms with E-state index in [1.807, 2.05) is 0 Å². The molecule has 1 N–H and O–H groups in total. The second-order valence-electron chi connectivity index (χ2n) is 11.8. The van der Waals surface area contributed by atoms with E-state index in [4.69, 9.17) is 11.6 Å². The van der Waals surface area contributed by atoms with Crippen LogP contribution in [0, 0.1) is 17.3 Å². The molecule has 0 radical (unpaired) electrons. The number of alkyl halides is 1. The van der Waals surface area contributed by atoms with E-state index in [9.17, 15) is 0 Å². The molecule has 2 nitrogen and oxygen atoms in total. The van der Waals surface area contributed by atoms with Crippen LogP contribution in [0.3, 0.4) is 0 Å². The van der Waals surface area contributed by atoms with Crippen LogP contribution in [0.25, 0.3) is 0 Å². The zero-order valence-electron chi connectivity index (χ0n) is 22.7. The van der Waals surface area contributed by atoms with Gasteiger partial charge in [0, 0.05) is 25.0 Å². The molecule has 36 heavy (non-hydrogen) atoms. The topological polar surface area (TPSA) is 15.3 Å². The summed E-state index contributed by atoms with van der Waals surface area (Å²) in [4.78, 5) is 2.71. The summed E-state index contributed by atoms with van der Waals surface area (Å²) >= 11 is 6.29. The minimum atomic E-state index is 0.165. The summed E-state index contributed by atoms with van der Waals surface area (Å²) in [6.07, 6.45) is 10.1. The van der Waals surface area contributed by atoms with Crippen LogP contribution in [0.2, 0.25) is 0 Å². The normalized spacial score (nSPS) is 23.1. The van der Waals surface area contributed by atoms with Crippen LogP contribution in [-0.2, 0) is 0 Å². The highest BCUT2D eigenvalue weighted by Crippen LogP contribution is 2.41. The van der Waals surface area contributed by atoms with Crippen molar-refractivity contribution in [1.29, 1.82) is 0 Å². The van der Waals surface area contributed by atoms with Crippen molar-refractivity contribution in [3.63, 3.8) is 0 Å². The zero-order chi connectivity index (χ0) is 25.5. The molecule has 3 atom stereocenters. The minimum Gasteiger partial charge on any atom is -0.312 e. The van der Waals surface area contributed by atoms with Gasteiger partial charge in [0.05, 0.1) is 5.38 Å². The fourth-order valence-electron chi connectivity index (χ4n) is 6.21. The van der Waals surface area contributed by atoms with Crippen LogP contribution < -0.4 is 5.32 Å². The number of nitrogens with one attached hydrogen (secondary N) is 1. The maximum Gasteiger partial charge on any atom is 0.0553 e. The predicted molar refractivity (Wildman–Crippen MR) is 156 cm³/mol. The summed E-state index contributed by atoms with van der Waals surface area (Å²) in [5, 5.41) is 4.13. The number of nitrogens with zero attached hydrogens (tertiary/aromatic N) is 1. The van der Waals surface area contributed by atoms with Crippen molar-refractivity contribution in [3.8, 4) is 0 Å². The highest BCUT2D eigenvalue weighted by molar-refractivity contribution is 6.22. The minimum absolute atomic E-state index is 0.165. The van der Waals surface area contributed by atoms with Gasteiger partial charge >= 0.3 is 0 Å². The Morgan fingerprint density at radius 1 is 1.00 bits per heavy atom. The van der Waals surface area contributed by atoms with E-state index in [-0.39, 0.29) is 10.8 Å². The average Bonchev–Trinajstić information content (AvgIpc) is 2.87. The molecule has 2 aromatic carbocycles. The quantitative estimate of drug-likeness (QED) is 0.334. The highest BCUT2D eigenvalue weighted by atomic mass is 35.5. The second-order valence-corrected chi connectivity index (χ2v) is 12.4. The molecule has 2 aliphatic rings. The Balaban J connectivity index is 1.35. The van der Waals surface area contributed by atoms with Crippen LogP contribution in [0.15, 0.2) is 84.5 Å². The van der Waals surface area contributed by atoms with Crippen molar-refractivity contribution in [2.45, 2.75) is 64.3 Å². The van der Waals surface area contributed by atoms with Crippen LogP contribution in [0.5, 0.6) is 0 Å². The fraction of sp³-hybridized carbons (Fsp3) is 0.515. The lowest BCUT2D eigenvalue weighted by Crippen LogP contribution is -2.52. The predicted octanol–water partition coefficient (Wildman–Crippen LogP) is 7.66. The molecule has 0 spiro atoms. The van der Waals surface area contributed by atoms with Crippen molar-refractivity contribution in [2.24, 2.45) is 17.3 Å². The third-order valence-electron chi connectivity index (χ3n) is 8.29. The number of rotatable bonds is 10. The first kappa shape index (κ1) is 27.2. The maximum atomic E-state index is 6.29. The molecule has 4 rings (SSSR count). The van der Waals surface area contributed by atoms with Crippen LogP contribution in [-0.4, -0.2) is 42.5 Å². The fourth-order valence-corrected chi connectivity index (χ4v) is 6.37. The number of hydrogen-bond acceptors (Lipinski definition) is 2. The van der Waals surface area contributed by atoms with Crippen LogP contribution in [0.1, 0.15) is 64.0 Å². The highest BCUT2D eigenvalue weighted by Gasteiger charge is 2.38. The largest absolute Gasteiger partial charge is 0.312 e. The molecule has 1 aliphatic heterocycles. The van der Waals surface area contributed by atoms with Crippen molar-refractivity contribution >= 4 is 11.6 Å². The lowest BCUT2D eigenvalue weighted by atomic mass is 9.69. The number of allylic oxidation sites excluding steroid dienone is 4. The Morgan fingerprint density at radius 2 is 1.64 bits per heavy atom. The second kappa shape index (κ2) is 12.6. The lowest BCUT2D eigenvalue weighted by Gasteiger charge is -2.46. The van der Waals surface area contributed by atoms with E-state index in [1.54, 1.807) is 0 Å². The number of benzene rings is 2. The number of likely N-dealkylation sites (tertiary alicyclic amines) is 1. The summed E-state index contributed by atoms with van der Waals surface area (Å²) in [7, 11) is 0. The van der Waals surface area contributed by atoms with Gasteiger partial charge in [-0.25, -0.2) is 0 Å². The lowest BCUT2D eigenvalue weighted by molar-refractivity contribution is 0.0632. The number of hydrogen-bond donors (Lipinski definition) is 1. The van der Waals surface area contributed by atoms with Gasteiger partial charge in [-0.1, -0.05) is 107 Å². The smallest absolute Gasteiger partial charge is 0.0553 e. The molecule has 1 saturated heterocycles. The number of piperidine rings is 1. The van der Waals surface area contributed by atoms with Crippen LogP contribution >= 0.6 is 11.6 Å². The monoisotopic (exact) mass is 504 g/mol. The maximum absolute atomic E-state index is 6.29. The van der Waals surface area contributed by atoms with Gasteiger partial charge in [-0.2, -0.15) is 0 Å². The molecule has 1 heterocycles. The molecule has 1 unspecified atom stereocenters. The van der Waals surface area contributed by atoms with E-state index < -0.39 is 0 Å². The molecule has 3 heteroatoms. The van der Waals surface area contributed by atoms with Gasteiger partial charge in [-0.05, 0) is 66.3 Å². The van der Waals surface area contributed by atoms with Crippen molar-refractivity contribution in [2.75, 3.05) is 26.2 Å². The molecular weight excluding hydrogens is 460 g/mol. The first-order valence-electron chi connectivity index (χ1n) is 13.9. The Bertz CT molecular complexity index is 955. The van der Waals surface area contributed by atoms with Gasteiger partial charge in [-0.15, -0.1) is 11.6 Å². The van der Waals surface area contributed by atoms with E-state index in [2.05, 4.69) is 117 Å². The van der Waals surface area contributed by atoms with E-state index in [0.29, 0.717) is 23.8 Å². The number of halogens is 1. The van der Waals surface area contributed by atoms with E-state index in [0.717, 1.165) is 32.5 Å². The third-order valence-corrected chi connectivity index (χ3v) is 8.61.